The Morgan fingerprint density at radius 2 is 0.854 bits per heavy atom. The van der Waals surface area contributed by atoms with E-state index < -0.39 is 0 Å². The van der Waals surface area contributed by atoms with E-state index in [1.807, 2.05) is 0 Å². The number of benzene rings is 7. The maximum absolute atomic E-state index is 2.53. The van der Waals surface area contributed by atoms with E-state index in [-0.39, 0.29) is 11.5 Å². The highest BCUT2D eigenvalue weighted by atomic mass is 15.2. The predicted molar refractivity (Wildman–Crippen MR) is 202 cm³/mol. The maximum atomic E-state index is 2.53. The molecule has 0 amide bonds. The largest absolute Gasteiger partial charge is 0.333 e. The molecule has 48 heavy (non-hydrogen) atoms. The molecule has 1 unspecified atom stereocenters. The van der Waals surface area contributed by atoms with Crippen LogP contribution in [0.4, 0.5) is 11.4 Å². The molecule has 0 fully saturated rings. The normalized spacial score (nSPS) is 15.2. The van der Waals surface area contributed by atoms with Crippen LogP contribution in [0.25, 0.3) is 49.7 Å². The zero-order chi connectivity index (χ0) is 32.2. The summed E-state index contributed by atoms with van der Waals surface area (Å²) in [7, 11) is 0. The number of nitrogens with zero attached hydrogens (tertiary/aromatic N) is 2. The van der Waals surface area contributed by atoms with E-state index in [0.717, 1.165) is 0 Å². The van der Waals surface area contributed by atoms with Gasteiger partial charge in [0.2, 0.25) is 0 Å². The Balaban J connectivity index is 1.00. The molecule has 2 heteroatoms. The van der Waals surface area contributed by atoms with Crippen LogP contribution in [-0.2, 0) is 5.41 Å². The van der Waals surface area contributed by atoms with Crippen molar-refractivity contribution < 1.29 is 0 Å². The number of fused-ring (bicyclic) bond motifs is 4. The zero-order valence-corrected chi connectivity index (χ0v) is 27.2. The third-order valence-corrected chi connectivity index (χ3v) is 10.3. The Morgan fingerprint density at radius 3 is 1.42 bits per heavy atom. The number of hydrogen-bond acceptors (Lipinski definition) is 1. The zero-order valence-electron chi connectivity index (χ0n) is 27.2. The Hall–Kier alpha value is -5.86. The van der Waals surface area contributed by atoms with E-state index in [2.05, 4.69) is 199 Å². The van der Waals surface area contributed by atoms with E-state index in [1.54, 1.807) is 0 Å². The lowest BCUT2D eigenvalue weighted by Crippen LogP contribution is -2.30. The Kier molecular flexibility index (Phi) is 6.58. The first-order valence-electron chi connectivity index (χ1n) is 16.8. The van der Waals surface area contributed by atoms with Gasteiger partial charge in [0, 0.05) is 33.2 Å². The highest BCUT2D eigenvalue weighted by Crippen LogP contribution is 2.55. The standard InChI is InChI=1S/C46H36N2/c1-46(2)41-16-8-11-19-44(41)48(45(46)36-12-4-3-5-13-36)38-30-26-35(27-31-38)33-22-20-32(21-23-33)34-24-28-37(29-25-34)47-42-17-9-6-14-39(42)40-15-7-10-18-43(40)47/h3-31,45H,1-2H3. The van der Waals surface area contributed by atoms with Crippen LogP contribution in [0.3, 0.4) is 0 Å². The SMILES string of the molecule is CC1(C)c2ccccc2N(c2ccc(-c3ccc(-c4ccc(-n5c6ccccc6c6ccccc65)cc4)cc3)cc2)C1c1ccccc1. The molecule has 0 bridgehead atoms. The van der Waals surface area contributed by atoms with Crippen LogP contribution < -0.4 is 4.90 Å². The molecule has 0 radical (unpaired) electrons. The van der Waals surface area contributed by atoms with Crippen LogP contribution in [0.1, 0.15) is 31.0 Å². The molecule has 1 aliphatic rings. The Morgan fingerprint density at radius 1 is 0.417 bits per heavy atom. The lowest BCUT2D eigenvalue weighted by Gasteiger charge is -2.35. The van der Waals surface area contributed by atoms with Crippen LogP contribution in [0.15, 0.2) is 176 Å². The second-order valence-corrected chi connectivity index (χ2v) is 13.5. The summed E-state index contributed by atoms with van der Waals surface area (Å²) in [5.74, 6) is 0. The third-order valence-electron chi connectivity index (χ3n) is 10.3. The fourth-order valence-corrected chi connectivity index (χ4v) is 8.00. The first-order valence-corrected chi connectivity index (χ1v) is 16.8. The maximum Gasteiger partial charge on any atom is 0.0683 e. The summed E-state index contributed by atoms with van der Waals surface area (Å²) in [6.07, 6.45) is 0. The van der Waals surface area contributed by atoms with E-state index in [0.29, 0.717) is 0 Å². The van der Waals surface area contributed by atoms with Gasteiger partial charge in [-0.15, -0.1) is 0 Å². The second-order valence-electron chi connectivity index (χ2n) is 13.5. The molecule has 0 N–H and O–H groups in total. The lowest BCUT2D eigenvalue weighted by atomic mass is 9.77. The lowest BCUT2D eigenvalue weighted by molar-refractivity contribution is 0.449. The topological polar surface area (TPSA) is 8.17 Å². The molecule has 230 valence electrons. The van der Waals surface area contributed by atoms with Gasteiger partial charge >= 0.3 is 0 Å². The van der Waals surface area contributed by atoms with Gasteiger partial charge in [-0.05, 0) is 75.8 Å². The summed E-state index contributed by atoms with van der Waals surface area (Å²) in [6.45, 7) is 4.74. The number of rotatable bonds is 5. The van der Waals surface area contributed by atoms with Crippen LogP contribution in [-0.4, -0.2) is 4.57 Å². The minimum Gasteiger partial charge on any atom is -0.333 e. The molecule has 0 saturated carbocycles. The van der Waals surface area contributed by atoms with Crippen molar-refractivity contribution in [2.24, 2.45) is 0 Å². The van der Waals surface area contributed by atoms with Gasteiger partial charge in [0.05, 0.1) is 17.1 Å². The van der Waals surface area contributed by atoms with Crippen LogP contribution in [0.5, 0.6) is 0 Å². The molecule has 8 aromatic rings. The minimum absolute atomic E-state index is 0.0336. The van der Waals surface area contributed by atoms with Crippen molar-refractivity contribution in [1.29, 1.82) is 0 Å². The second kappa shape index (κ2) is 11.1. The van der Waals surface area contributed by atoms with Gasteiger partial charge in [-0.1, -0.05) is 147 Å². The first kappa shape index (κ1) is 28.4. The molecule has 0 saturated heterocycles. The summed E-state index contributed by atoms with van der Waals surface area (Å²) in [5, 5.41) is 2.57. The first-order chi connectivity index (χ1) is 23.6. The van der Waals surface area contributed by atoms with Crippen molar-refractivity contribution in [2.75, 3.05) is 4.90 Å². The summed E-state index contributed by atoms with van der Waals surface area (Å²) < 4.78 is 2.37. The smallest absolute Gasteiger partial charge is 0.0683 e. The molecule has 2 nitrogen and oxygen atoms in total. The number of aromatic nitrogens is 1. The highest BCUT2D eigenvalue weighted by molar-refractivity contribution is 6.09. The van der Waals surface area contributed by atoms with Crippen molar-refractivity contribution in [2.45, 2.75) is 25.3 Å². The van der Waals surface area contributed by atoms with Crippen molar-refractivity contribution in [3.05, 3.63) is 187 Å². The molecular weight excluding hydrogens is 581 g/mol. The van der Waals surface area contributed by atoms with Gasteiger partial charge in [0.15, 0.2) is 0 Å². The van der Waals surface area contributed by atoms with E-state index in [4.69, 9.17) is 0 Å². The summed E-state index contributed by atoms with van der Waals surface area (Å²) in [4.78, 5) is 2.53. The van der Waals surface area contributed by atoms with Crippen LogP contribution in [0, 0.1) is 0 Å². The number of anilines is 2. The molecule has 1 aromatic heterocycles. The van der Waals surface area contributed by atoms with Crippen molar-refractivity contribution in [1.82, 2.24) is 4.57 Å². The molecule has 7 aromatic carbocycles. The van der Waals surface area contributed by atoms with Gasteiger partial charge in [-0.2, -0.15) is 0 Å². The van der Waals surface area contributed by atoms with Gasteiger partial charge in [-0.3, -0.25) is 0 Å². The average molecular weight is 617 g/mol. The van der Waals surface area contributed by atoms with Crippen LogP contribution >= 0.6 is 0 Å². The number of para-hydroxylation sites is 3. The minimum atomic E-state index is -0.0336. The van der Waals surface area contributed by atoms with E-state index in [1.165, 1.54) is 72.2 Å². The van der Waals surface area contributed by atoms with Crippen molar-refractivity contribution >= 4 is 33.2 Å². The molecule has 0 aliphatic carbocycles. The van der Waals surface area contributed by atoms with E-state index >= 15 is 0 Å². The molecule has 9 rings (SSSR count). The molecular formula is C46H36N2. The summed E-state index contributed by atoms with van der Waals surface area (Å²) in [6, 6.07) is 64.4. The predicted octanol–water partition coefficient (Wildman–Crippen LogP) is 12.3. The number of hydrogen-bond donors (Lipinski definition) is 0. The third kappa shape index (κ3) is 4.48. The fraction of sp³-hybridized carbons (Fsp3) is 0.0870. The van der Waals surface area contributed by atoms with Gasteiger partial charge < -0.3 is 9.47 Å². The van der Waals surface area contributed by atoms with Crippen molar-refractivity contribution in [3.63, 3.8) is 0 Å². The Bertz CT molecular complexity index is 2340. The van der Waals surface area contributed by atoms with Gasteiger partial charge in [0.25, 0.3) is 0 Å². The quantitative estimate of drug-likeness (QED) is 0.187. The molecule has 1 aliphatic heterocycles. The average Bonchev–Trinajstić information content (AvgIpc) is 3.61. The summed E-state index contributed by atoms with van der Waals surface area (Å²) >= 11 is 0. The Labute approximate surface area is 282 Å². The monoisotopic (exact) mass is 616 g/mol. The van der Waals surface area contributed by atoms with Gasteiger partial charge in [-0.25, -0.2) is 0 Å². The molecule has 0 spiro atoms. The summed E-state index contributed by atoms with van der Waals surface area (Å²) in [5.41, 5.74) is 13.7. The van der Waals surface area contributed by atoms with Crippen molar-refractivity contribution in [3.8, 4) is 27.9 Å². The fourth-order valence-electron chi connectivity index (χ4n) is 8.00. The van der Waals surface area contributed by atoms with Crippen LogP contribution in [0.2, 0.25) is 0 Å². The highest BCUT2D eigenvalue weighted by Gasteiger charge is 2.45. The van der Waals surface area contributed by atoms with E-state index in [9.17, 15) is 0 Å². The van der Waals surface area contributed by atoms with Gasteiger partial charge in [0.1, 0.15) is 0 Å². The molecule has 2 heterocycles. The molecule has 1 atom stereocenters.